The Balaban J connectivity index is 2.61. The monoisotopic (exact) mass is 224 g/mol. The average molecular weight is 224 g/mol. The summed E-state index contributed by atoms with van der Waals surface area (Å²) in [5.74, 6) is -0.319. The summed E-state index contributed by atoms with van der Waals surface area (Å²) in [5, 5.41) is 0. The van der Waals surface area contributed by atoms with Gasteiger partial charge in [-0.2, -0.15) is 0 Å². The van der Waals surface area contributed by atoms with Crippen molar-refractivity contribution in [3.05, 3.63) is 18.0 Å². The van der Waals surface area contributed by atoms with Gasteiger partial charge in [0.1, 0.15) is 6.61 Å². The molecule has 1 heterocycles. The highest BCUT2D eigenvalue weighted by molar-refractivity contribution is 5.75. The number of hydrogen-bond acceptors (Lipinski definition) is 5. The molecule has 0 aliphatic carbocycles. The number of rotatable bonds is 4. The van der Waals surface area contributed by atoms with E-state index >= 15 is 0 Å². The third-order valence-corrected chi connectivity index (χ3v) is 2.07. The zero-order chi connectivity index (χ0) is 12.2. The Kier molecular flexibility index (Phi) is 3.82. The number of methoxy groups -OCH3 is 1. The molecule has 0 aromatic carbocycles. The van der Waals surface area contributed by atoms with Crippen LogP contribution in [-0.2, 0) is 9.53 Å². The molecule has 0 saturated heterocycles. The van der Waals surface area contributed by atoms with Gasteiger partial charge in [-0.15, -0.1) is 0 Å². The smallest absolute Gasteiger partial charge is 0.316 e. The fourth-order valence-corrected chi connectivity index (χ4v) is 1.08. The molecule has 1 aromatic rings. The van der Waals surface area contributed by atoms with Crippen LogP contribution in [0, 0.1) is 12.3 Å². The Morgan fingerprint density at radius 3 is 2.75 bits per heavy atom. The van der Waals surface area contributed by atoms with Gasteiger partial charge in [-0.05, 0) is 26.8 Å². The Hall–Kier alpha value is -1.65. The molecule has 0 radical (unpaired) electrons. The van der Waals surface area contributed by atoms with Crippen molar-refractivity contribution in [2.75, 3.05) is 13.7 Å². The van der Waals surface area contributed by atoms with Crippen molar-refractivity contribution < 1.29 is 14.3 Å². The number of carbonyl (C=O) groups excluding carboxylic acids is 1. The van der Waals surface area contributed by atoms with Crippen LogP contribution < -0.4 is 4.74 Å². The summed E-state index contributed by atoms with van der Waals surface area (Å²) in [6, 6.07) is 2.05. The number of nitrogens with zero attached hydrogens (tertiary/aromatic N) is 2. The zero-order valence-corrected chi connectivity index (χ0v) is 9.98. The first-order valence-electron chi connectivity index (χ1n) is 4.96. The van der Waals surface area contributed by atoms with Crippen molar-refractivity contribution in [3.8, 4) is 6.01 Å². The van der Waals surface area contributed by atoms with E-state index in [2.05, 4.69) is 14.7 Å². The maximum Gasteiger partial charge on any atom is 0.316 e. The lowest BCUT2D eigenvalue weighted by Gasteiger charge is -2.20. The quantitative estimate of drug-likeness (QED) is 0.723. The van der Waals surface area contributed by atoms with E-state index in [1.165, 1.54) is 7.11 Å². The van der Waals surface area contributed by atoms with Crippen LogP contribution in [0.5, 0.6) is 6.01 Å². The van der Waals surface area contributed by atoms with Gasteiger partial charge in [0.2, 0.25) is 0 Å². The average Bonchev–Trinajstić information content (AvgIpc) is 2.25. The standard InChI is InChI=1S/C11H16N2O3/c1-8-5-6-12-10(13-8)16-7-11(2,3)9(14)15-4/h5-6H,7H2,1-4H3. The molecule has 16 heavy (non-hydrogen) atoms. The van der Waals surface area contributed by atoms with Crippen LogP contribution in [0.2, 0.25) is 0 Å². The van der Waals surface area contributed by atoms with Crippen molar-refractivity contribution in [3.63, 3.8) is 0 Å². The van der Waals surface area contributed by atoms with Gasteiger partial charge in [0, 0.05) is 11.9 Å². The Morgan fingerprint density at radius 1 is 1.50 bits per heavy atom. The molecular weight excluding hydrogens is 208 g/mol. The van der Waals surface area contributed by atoms with Gasteiger partial charge in [-0.1, -0.05) is 0 Å². The highest BCUT2D eigenvalue weighted by Crippen LogP contribution is 2.18. The molecule has 0 unspecified atom stereocenters. The predicted octanol–water partition coefficient (Wildman–Crippen LogP) is 1.36. The summed E-state index contributed by atoms with van der Waals surface area (Å²) in [7, 11) is 1.35. The number of esters is 1. The second kappa shape index (κ2) is 4.92. The highest BCUT2D eigenvalue weighted by atomic mass is 16.5. The molecule has 0 N–H and O–H groups in total. The molecule has 5 nitrogen and oxygen atoms in total. The van der Waals surface area contributed by atoms with Crippen LogP contribution in [-0.4, -0.2) is 29.7 Å². The lowest BCUT2D eigenvalue weighted by molar-refractivity contribution is -0.152. The molecule has 0 aliphatic rings. The number of carbonyl (C=O) groups is 1. The van der Waals surface area contributed by atoms with Crippen LogP contribution in [0.1, 0.15) is 19.5 Å². The zero-order valence-electron chi connectivity index (χ0n) is 9.98. The molecule has 88 valence electrons. The van der Waals surface area contributed by atoms with Crippen molar-refractivity contribution in [2.45, 2.75) is 20.8 Å². The molecule has 0 bridgehead atoms. The normalized spacial score (nSPS) is 11.0. The van der Waals surface area contributed by atoms with Crippen LogP contribution in [0.3, 0.4) is 0 Å². The van der Waals surface area contributed by atoms with Gasteiger partial charge in [0.25, 0.3) is 0 Å². The van der Waals surface area contributed by atoms with Crippen LogP contribution in [0.25, 0.3) is 0 Å². The number of hydrogen-bond donors (Lipinski definition) is 0. The van der Waals surface area contributed by atoms with E-state index < -0.39 is 5.41 Å². The molecule has 0 spiro atoms. The minimum atomic E-state index is -0.706. The number of aromatic nitrogens is 2. The van der Waals surface area contributed by atoms with Crippen molar-refractivity contribution in [1.82, 2.24) is 9.97 Å². The molecule has 0 amide bonds. The fourth-order valence-electron chi connectivity index (χ4n) is 1.08. The molecular formula is C11H16N2O3. The third-order valence-electron chi connectivity index (χ3n) is 2.07. The van der Waals surface area contributed by atoms with E-state index in [9.17, 15) is 4.79 Å². The van der Waals surface area contributed by atoms with E-state index in [0.29, 0.717) is 0 Å². The largest absolute Gasteiger partial charge is 0.469 e. The Bertz CT molecular complexity index is 377. The van der Waals surface area contributed by atoms with Gasteiger partial charge in [-0.3, -0.25) is 4.79 Å². The fraction of sp³-hybridized carbons (Fsp3) is 0.545. The lowest BCUT2D eigenvalue weighted by atomic mass is 9.95. The lowest BCUT2D eigenvalue weighted by Crippen LogP contribution is -2.32. The SMILES string of the molecule is COC(=O)C(C)(C)COc1nccc(C)n1. The second-order valence-corrected chi connectivity index (χ2v) is 4.14. The first-order chi connectivity index (χ1) is 7.45. The van der Waals surface area contributed by atoms with Crippen molar-refractivity contribution in [2.24, 2.45) is 5.41 Å². The maximum atomic E-state index is 11.4. The highest BCUT2D eigenvalue weighted by Gasteiger charge is 2.30. The van der Waals surface area contributed by atoms with Gasteiger partial charge in [-0.25, -0.2) is 9.97 Å². The second-order valence-electron chi connectivity index (χ2n) is 4.14. The maximum absolute atomic E-state index is 11.4. The van der Waals surface area contributed by atoms with Crippen LogP contribution in [0.4, 0.5) is 0 Å². The van der Waals surface area contributed by atoms with E-state index in [-0.39, 0.29) is 18.6 Å². The molecule has 1 aromatic heterocycles. The molecule has 0 aliphatic heterocycles. The van der Waals surface area contributed by atoms with Gasteiger partial charge >= 0.3 is 12.0 Å². The van der Waals surface area contributed by atoms with E-state index in [1.54, 1.807) is 26.1 Å². The Morgan fingerprint density at radius 2 is 2.19 bits per heavy atom. The minimum absolute atomic E-state index is 0.184. The van der Waals surface area contributed by atoms with E-state index in [4.69, 9.17) is 4.74 Å². The third kappa shape index (κ3) is 3.18. The van der Waals surface area contributed by atoms with E-state index in [0.717, 1.165) is 5.69 Å². The molecule has 1 rings (SSSR count). The van der Waals surface area contributed by atoms with Crippen molar-refractivity contribution in [1.29, 1.82) is 0 Å². The summed E-state index contributed by atoms with van der Waals surface area (Å²) in [6.45, 7) is 5.52. The molecule has 5 heteroatoms. The Labute approximate surface area is 94.8 Å². The molecule has 0 atom stereocenters. The first-order valence-corrected chi connectivity index (χ1v) is 4.96. The van der Waals surface area contributed by atoms with E-state index in [1.807, 2.05) is 6.92 Å². The number of aryl methyl sites for hydroxylation is 1. The summed E-state index contributed by atoms with van der Waals surface area (Å²) >= 11 is 0. The molecule has 0 saturated carbocycles. The predicted molar refractivity (Wildman–Crippen MR) is 58.1 cm³/mol. The van der Waals surface area contributed by atoms with Gasteiger partial charge < -0.3 is 9.47 Å². The van der Waals surface area contributed by atoms with Crippen LogP contribution in [0.15, 0.2) is 12.3 Å². The topological polar surface area (TPSA) is 61.3 Å². The van der Waals surface area contributed by atoms with Gasteiger partial charge in [0.05, 0.1) is 12.5 Å². The first kappa shape index (κ1) is 12.4. The number of ether oxygens (including phenoxy) is 2. The minimum Gasteiger partial charge on any atom is -0.469 e. The summed E-state index contributed by atoms with van der Waals surface area (Å²) in [5.41, 5.74) is 0.114. The van der Waals surface area contributed by atoms with Gasteiger partial charge in [0.15, 0.2) is 0 Å². The summed E-state index contributed by atoms with van der Waals surface area (Å²) in [6.07, 6.45) is 1.61. The van der Waals surface area contributed by atoms with Crippen molar-refractivity contribution >= 4 is 5.97 Å². The summed E-state index contributed by atoms with van der Waals surface area (Å²) in [4.78, 5) is 19.4. The van der Waals surface area contributed by atoms with Crippen LogP contribution >= 0.6 is 0 Å². The summed E-state index contributed by atoms with van der Waals surface area (Å²) < 4.78 is 10.0. The molecule has 0 fully saturated rings.